The van der Waals surface area contributed by atoms with Crippen molar-refractivity contribution in [3.05, 3.63) is 18.1 Å². The zero-order valence-electron chi connectivity index (χ0n) is 14.1. The van der Waals surface area contributed by atoms with Crippen molar-refractivity contribution in [2.75, 3.05) is 13.1 Å². The highest BCUT2D eigenvalue weighted by atomic mass is 16.2. The molecular weight excluding hydrogens is 302 g/mol. The van der Waals surface area contributed by atoms with Gasteiger partial charge in [0, 0.05) is 37.8 Å². The fraction of sp³-hybridized carbons (Fsp3) is 0.667. The van der Waals surface area contributed by atoms with Crippen molar-refractivity contribution in [3.63, 3.8) is 0 Å². The normalized spacial score (nSPS) is 22.8. The number of hydrogen-bond acceptors (Lipinski definition) is 4. The first kappa shape index (κ1) is 15.5. The van der Waals surface area contributed by atoms with Crippen LogP contribution in [0.2, 0.25) is 0 Å². The molecule has 2 aromatic heterocycles. The second-order valence-corrected chi connectivity index (χ2v) is 7.25. The van der Waals surface area contributed by atoms with Crippen LogP contribution in [-0.4, -0.2) is 44.1 Å². The first-order valence-corrected chi connectivity index (χ1v) is 9.24. The van der Waals surface area contributed by atoms with Gasteiger partial charge in [-0.15, -0.1) is 0 Å². The number of hydrogen-bond donors (Lipinski definition) is 1. The molecule has 1 unspecified atom stereocenters. The van der Waals surface area contributed by atoms with E-state index in [0.29, 0.717) is 17.5 Å². The number of piperidine rings is 1. The minimum Gasteiger partial charge on any atom is -0.342 e. The number of nitrogens with one attached hydrogen (secondary N) is 1. The van der Waals surface area contributed by atoms with E-state index in [1.54, 1.807) is 12.4 Å². The second kappa shape index (κ2) is 6.87. The number of aromatic amines is 1. The molecule has 1 saturated heterocycles. The van der Waals surface area contributed by atoms with Gasteiger partial charge in [0.1, 0.15) is 5.52 Å². The lowest BCUT2D eigenvalue weighted by Gasteiger charge is -2.33. The summed E-state index contributed by atoms with van der Waals surface area (Å²) >= 11 is 0. The van der Waals surface area contributed by atoms with Crippen LogP contribution in [0.25, 0.3) is 11.2 Å². The Bertz CT molecular complexity index is 706. The summed E-state index contributed by atoms with van der Waals surface area (Å²) in [6.45, 7) is 1.67. The topological polar surface area (TPSA) is 74.8 Å². The molecule has 128 valence electrons. The number of rotatable bonds is 3. The maximum atomic E-state index is 12.7. The maximum Gasteiger partial charge on any atom is 0.222 e. The second-order valence-electron chi connectivity index (χ2n) is 7.25. The quantitative estimate of drug-likeness (QED) is 0.940. The van der Waals surface area contributed by atoms with E-state index in [2.05, 4.69) is 25.1 Å². The lowest BCUT2D eigenvalue weighted by Crippen LogP contribution is -2.40. The van der Waals surface area contributed by atoms with Gasteiger partial charge in [0.15, 0.2) is 5.65 Å². The number of likely N-dealkylation sites (tertiary alicyclic amines) is 1. The van der Waals surface area contributed by atoms with Gasteiger partial charge < -0.3 is 4.90 Å². The average Bonchev–Trinajstić information content (AvgIpc) is 3.07. The first-order valence-electron chi connectivity index (χ1n) is 9.24. The Morgan fingerprint density at radius 2 is 1.96 bits per heavy atom. The average molecular weight is 327 g/mol. The molecule has 1 aliphatic heterocycles. The molecular formula is C18H25N5O. The molecule has 0 spiro atoms. The molecule has 0 radical (unpaired) electrons. The Balaban J connectivity index is 1.44. The molecule has 0 aromatic carbocycles. The Hall–Kier alpha value is -1.98. The highest BCUT2D eigenvalue weighted by molar-refractivity contribution is 5.77. The molecule has 2 fully saturated rings. The Morgan fingerprint density at radius 1 is 1.12 bits per heavy atom. The van der Waals surface area contributed by atoms with Crippen molar-refractivity contribution in [2.24, 2.45) is 5.92 Å². The molecule has 4 rings (SSSR count). The number of nitrogens with zero attached hydrogens (tertiary/aromatic N) is 4. The van der Waals surface area contributed by atoms with Crippen molar-refractivity contribution < 1.29 is 4.79 Å². The third-order valence-electron chi connectivity index (χ3n) is 5.59. The molecule has 1 amide bonds. The van der Waals surface area contributed by atoms with Crippen LogP contribution in [0.4, 0.5) is 0 Å². The van der Waals surface area contributed by atoms with Crippen LogP contribution in [0.1, 0.15) is 63.0 Å². The maximum absolute atomic E-state index is 12.7. The van der Waals surface area contributed by atoms with E-state index in [9.17, 15) is 4.79 Å². The smallest absolute Gasteiger partial charge is 0.222 e. The lowest BCUT2D eigenvalue weighted by molar-refractivity contribution is -0.133. The summed E-state index contributed by atoms with van der Waals surface area (Å²) in [5.74, 6) is 1.22. The number of fused-ring (bicyclic) bond motifs is 1. The van der Waals surface area contributed by atoms with Crippen LogP contribution in [0, 0.1) is 5.92 Å². The summed E-state index contributed by atoms with van der Waals surface area (Å²) in [5.41, 5.74) is 2.55. The number of H-pyrrole nitrogens is 1. The number of aromatic nitrogens is 4. The minimum absolute atomic E-state index is 0.288. The number of carbonyl (C=O) groups is 1. The van der Waals surface area contributed by atoms with Gasteiger partial charge >= 0.3 is 0 Å². The zero-order chi connectivity index (χ0) is 16.4. The number of carbonyl (C=O) groups excluding carboxylic acids is 1. The van der Waals surface area contributed by atoms with Gasteiger partial charge in [0.2, 0.25) is 5.91 Å². The van der Waals surface area contributed by atoms with E-state index >= 15 is 0 Å². The molecule has 6 heteroatoms. The Morgan fingerprint density at radius 3 is 2.83 bits per heavy atom. The summed E-state index contributed by atoms with van der Waals surface area (Å²) in [4.78, 5) is 23.4. The summed E-state index contributed by atoms with van der Waals surface area (Å²) in [7, 11) is 0. The third kappa shape index (κ3) is 3.14. The van der Waals surface area contributed by atoms with Crippen LogP contribution in [0.5, 0.6) is 0 Å². The zero-order valence-corrected chi connectivity index (χ0v) is 14.1. The van der Waals surface area contributed by atoms with E-state index in [4.69, 9.17) is 0 Å². The van der Waals surface area contributed by atoms with Crippen molar-refractivity contribution in [1.82, 2.24) is 25.1 Å². The lowest BCUT2D eigenvalue weighted by atomic mass is 9.86. The van der Waals surface area contributed by atoms with Gasteiger partial charge in [0.05, 0.1) is 5.69 Å². The summed E-state index contributed by atoms with van der Waals surface area (Å²) < 4.78 is 0. The fourth-order valence-corrected chi connectivity index (χ4v) is 4.26. The van der Waals surface area contributed by atoms with E-state index < -0.39 is 0 Å². The highest BCUT2D eigenvalue weighted by Crippen LogP contribution is 2.31. The third-order valence-corrected chi connectivity index (χ3v) is 5.59. The van der Waals surface area contributed by atoms with E-state index in [-0.39, 0.29) is 5.92 Å². The van der Waals surface area contributed by atoms with Gasteiger partial charge in [-0.3, -0.25) is 9.89 Å². The van der Waals surface area contributed by atoms with Crippen LogP contribution in [-0.2, 0) is 4.79 Å². The molecule has 3 heterocycles. The van der Waals surface area contributed by atoms with E-state index in [1.165, 1.54) is 32.1 Å². The molecule has 24 heavy (non-hydrogen) atoms. The largest absolute Gasteiger partial charge is 0.342 e. The van der Waals surface area contributed by atoms with Gasteiger partial charge in [-0.2, -0.15) is 5.10 Å². The standard InChI is InChI=1S/C18H25N5O/c24-15(11-13-5-2-1-3-6-13)23-10-4-7-14(12-23)16-17-18(22-21-16)20-9-8-19-17/h8-9,13-14H,1-7,10-12H2,(H,20,21,22). The molecule has 1 saturated carbocycles. The summed E-state index contributed by atoms with van der Waals surface area (Å²) in [5, 5.41) is 7.37. The van der Waals surface area contributed by atoms with Crippen LogP contribution < -0.4 is 0 Å². The van der Waals surface area contributed by atoms with Gasteiger partial charge in [0.25, 0.3) is 0 Å². The van der Waals surface area contributed by atoms with Crippen LogP contribution in [0.15, 0.2) is 12.4 Å². The molecule has 1 aliphatic carbocycles. The van der Waals surface area contributed by atoms with Gasteiger partial charge in [-0.25, -0.2) is 9.97 Å². The van der Waals surface area contributed by atoms with E-state index in [0.717, 1.165) is 43.6 Å². The number of amides is 1. The molecule has 1 atom stereocenters. The predicted octanol–water partition coefficient (Wildman–Crippen LogP) is 3.03. The van der Waals surface area contributed by atoms with Crippen molar-refractivity contribution >= 4 is 17.1 Å². The van der Waals surface area contributed by atoms with Crippen molar-refractivity contribution in [3.8, 4) is 0 Å². The van der Waals surface area contributed by atoms with Gasteiger partial charge in [-0.05, 0) is 31.6 Å². The predicted molar refractivity (Wildman–Crippen MR) is 91.4 cm³/mol. The molecule has 0 bridgehead atoms. The first-order chi connectivity index (χ1) is 11.8. The monoisotopic (exact) mass is 327 g/mol. The Kier molecular flexibility index (Phi) is 4.45. The molecule has 2 aliphatic rings. The van der Waals surface area contributed by atoms with Crippen LogP contribution in [0.3, 0.4) is 0 Å². The summed E-state index contributed by atoms with van der Waals surface area (Å²) in [6, 6.07) is 0. The van der Waals surface area contributed by atoms with Gasteiger partial charge in [-0.1, -0.05) is 19.3 Å². The molecule has 2 aromatic rings. The van der Waals surface area contributed by atoms with Crippen molar-refractivity contribution in [2.45, 2.75) is 57.3 Å². The SMILES string of the molecule is O=C(CC1CCCCC1)N1CCCC(c2[nH]nc3nccnc23)C1. The fourth-order valence-electron chi connectivity index (χ4n) is 4.26. The minimum atomic E-state index is 0.288. The molecule has 6 nitrogen and oxygen atoms in total. The molecule has 1 N–H and O–H groups in total. The van der Waals surface area contributed by atoms with Crippen molar-refractivity contribution in [1.29, 1.82) is 0 Å². The van der Waals surface area contributed by atoms with E-state index in [1.807, 2.05) is 0 Å². The highest BCUT2D eigenvalue weighted by Gasteiger charge is 2.29. The summed E-state index contributed by atoms with van der Waals surface area (Å²) in [6.07, 6.45) is 12.6. The Labute approximate surface area is 142 Å². The van der Waals surface area contributed by atoms with Crippen LogP contribution >= 0.6 is 0 Å².